The van der Waals surface area contributed by atoms with Gasteiger partial charge in [0.15, 0.2) is 6.10 Å². The van der Waals surface area contributed by atoms with Crippen LogP contribution in [0.25, 0.3) is 0 Å². The van der Waals surface area contributed by atoms with Crippen LogP contribution < -0.4 is 10.1 Å². The molecule has 0 aliphatic carbocycles. The van der Waals surface area contributed by atoms with E-state index in [0.29, 0.717) is 30.3 Å². The Hall–Kier alpha value is -1.26. The van der Waals surface area contributed by atoms with E-state index >= 15 is 0 Å². The van der Waals surface area contributed by atoms with Crippen LogP contribution in [-0.2, 0) is 15.4 Å². The fourth-order valence-corrected chi connectivity index (χ4v) is 2.05. The molecule has 1 N–H and O–H groups in total. The van der Waals surface area contributed by atoms with Gasteiger partial charge in [-0.3, -0.25) is 4.79 Å². The van der Waals surface area contributed by atoms with E-state index in [4.69, 9.17) is 21.1 Å². The van der Waals surface area contributed by atoms with Crippen LogP contribution in [0.2, 0.25) is 0 Å². The van der Waals surface area contributed by atoms with Gasteiger partial charge in [0.05, 0.1) is 5.69 Å². The van der Waals surface area contributed by atoms with Gasteiger partial charge >= 0.3 is 0 Å². The number of amides is 1. The maximum absolute atomic E-state index is 11.8. The van der Waals surface area contributed by atoms with Gasteiger partial charge in [0, 0.05) is 19.6 Å². The SMILES string of the molecule is COCCCC1Oc2ccc(CCl)cc2NC1=O. The molecule has 0 aromatic heterocycles. The number of nitrogens with one attached hydrogen (secondary N) is 1. The molecule has 0 saturated heterocycles. The maximum Gasteiger partial charge on any atom is 0.265 e. The summed E-state index contributed by atoms with van der Waals surface area (Å²) in [5, 5.41) is 2.85. The Balaban J connectivity index is 2.06. The summed E-state index contributed by atoms with van der Waals surface area (Å²) in [4.78, 5) is 11.8. The lowest BCUT2D eigenvalue weighted by Gasteiger charge is -2.26. The summed E-state index contributed by atoms with van der Waals surface area (Å²) in [7, 11) is 1.64. The molecule has 2 rings (SSSR count). The number of alkyl halides is 1. The van der Waals surface area contributed by atoms with Gasteiger partial charge < -0.3 is 14.8 Å². The van der Waals surface area contributed by atoms with Crippen LogP contribution in [0.3, 0.4) is 0 Å². The molecule has 1 amide bonds. The maximum atomic E-state index is 11.8. The number of methoxy groups -OCH3 is 1. The van der Waals surface area contributed by atoms with Gasteiger partial charge in [0.2, 0.25) is 0 Å². The smallest absolute Gasteiger partial charge is 0.265 e. The third-order valence-electron chi connectivity index (χ3n) is 2.83. The highest BCUT2D eigenvalue weighted by Gasteiger charge is 2.27. The molecule has 1 heterocycles. The summed E-state index contributed by atoms with van der Waals surface area (Å²) in [5.74, 6) is 1.01. The van der Waals surface area contributed by atoms with Gasteiger partial charge in [0.25, 0.3) is 5.91 Å². The standard InChI is InChI=1S/C13H16ClNO3/c1-17-6-2-3-12-13(16)15-10-7-9(8-14)4-5-11(10)18-12/h4-5,7,12H,2-3,6,8H2,1H3,(H,15,16). The van der Waals surface area contributed by atoms with Gasteiger partial charge in [-0.1, -0.05) is 6.07 Å². The summed E-state index contributed by atoms with van der Waals surface area (Å²) in [6.07, 6.45) is 1.01. The van der Waals surface area contributed by atoms with Crippen molar-refractivity contribution in [2.24, 2.45) is 0 Å². The van der Waals surface area contributed by atoms with Crippen molar-refractivity contribution in [3.63, 3.8) is 0 Å². The highest BCUT2D eigenvalue weighted by atomic mass is 35.5. The molecule has 1 aliphatic rings. The van der Waals surface area contributed by atoms with E-state index in [1.807, 2.05) is 18.2 Å². The molecule has 0 fully saturated rings. The number of carbonyl (C=O) groups excluding carboxylic acids is 1. The average molecular weight is 270 g/mol. The lowest BCUT2D eigenvalue weighted by molar-refractivity contribution is -0.123. The number of hydrogen-bond donors (Lipinski definition) is 1. The number of hydrogen-bond acceptors (Lipinski definition) is 3. The van der Waals surface area contributed by atoms with Crippen molar-refractivity contribution in [2.45, 2.75) is 24.8 Å². The van der Waals surface area contributed by atoms with Crippen LogP contribution in [0.4, 0.5) is 5.69 Å². The zero-order valence-electron chi connectivity index (χ0n) is 10.2. The van der Waals surface area contributed by atoms with Crippen molar-refractivity contribution in [3.05, 3.63) is 23.8 Å². The molecule has 18 heavy (non-hydrogen) atoms. The summed E-state index contributed by atoms with van der Waals surface area (Å²) in [5.41, 5.74) is 1.65. The Bertz CT molecular complexity index is 436. The van der Waals surface area contributed by atoms with Gasteiger partial charge in [-0.05, 0) is 30.5 Å². The number of carbonyl (C=O) groups is 1. The van der Waals surface area contributed by atoms with Crippen LogP contribution in [0.15, 0.2) is 18.2 Å². The van der Waals surface area contributed by atoms with Crippen molar-refractivity contribution in [3.8, 4) is 5.75 Å². The zero-order chi connectivity index (χ0) is 13.0. The normalized spacial score (nSPS) is 17.9. The van der Waals surface area contributed by atoms with E-state index in [9.17, 15) is 4.79 Å². The lowest BCUT2D eigenvalue weighted by atomic mass is 10.1. The third kappa shape index (κ3) is 2.94. The van der Waals surface area contributed by atoms with Crippen LogP contribution >= 0.6 is 11.6 Å². The first-order valence-electron chi connectivity index (χ1n) is 5.90. The van der Waals surface area contributed by atoms with Crippen LogP contribution in [-0.4, -0.2) is 25.7 Å². The number of rotatable bonds is 5. The monoisotopic (exact) mass is 269 g/mol. The quantitative estimate of drug-likeness (QED) is 0.660. The molecule has 4 nitrogen and oxygen atoms in total. The van der Waals surface area contributed by atoms with E-state index in [1.165, 1.54) is 0 Å². The molecular formula is C13H16ClNO3. The van der Waals surface area contributed by atoms with E-state index in [1.54, 1.807) is 7.11 Å². The molecule has 5 heteroatoms. The number of halogens is 1. The number of anilines is 1. The molecule has 1 aromatic rings. The molecule has 0 saturated carbocycles. The van der Waals surface area contributed by atoms with Crippen molar-refractivity contribution in [1.82, 2.24) is 0 Å². The Morgan fingerprint density at radius 3 is 3.06 bits per heavy atom. The molecule has 1 unspecified atom stereocenters. The average Bonchev–Trinajstić information content (AvgIpc) is 2.39. The molecule has 1 aromatic carbocycles. The van der Waals surface area contributed by atoms with E-state index in [0.717, 1.165) is 12.0 Å². The highest BCUT2D eigenvalue weighted by molar-refractivity contribution is 6.17. The van der Waals surface area contributed by atoms with Crippen molar-refractivity contribution < 1.29 is 14.3 Å². The first kappa shape index (κ1) is 13.2. The Kier molecular flexibility index (Phi) is 4.44. The largest absolute Gasteiger partial charge is 0.478 e. The Morgan fingerprint density at radius 1 is 1.50 bits per heavy atom. The first-order valence-corrected chi connectivity index (χ1v) is 6.43. The zero-order valence-corrected chi connectivity index (χ0v) is 11.0. The molecule has 0 spiro atoms. The fourth-order valence-electron chi connectivity index (χ4n) is 1.88. The third-order valence-corrected chi connectivity index (χ3v) is 3.14. The molecular weight excluding hydrogens is 254 g/mol. The predicted octanol–water partition coefficient (Wildman–Crippen LogP) is 2.55. The van der Waals surface area contributed by atoms with Crippen LogP contribution in [0.1, 0.15) is 18.4 Å². The summed E-state index contributed by atoms with van der Waals surface area (Å²) in [6.45, 7) is 0.630. The molecule has 98 valence electrons. The molecule has 1 aliphatic heterocycles. The predicted molar refractivity (Wildman–Crippen MR) is 70.2 cm³/mol. The van der Waals surface area contributed by atoms with Gasteiger partial charge in [-0.25, -0.2) is 0 Å². The minimum Gasteiger partial charge on any atom is -0.478 e. The van der Waals surface area contributed by atoms with Crippen LogP contribution in [0, 0.1) is 0 Å². The second kappa shape index (κ2) is 6.07. The topological polar surface area (TPSA) is 47.6 Å². The molecule has 1 atom stereocenters. The summed E-state index contributed by atoms with van der Waals surface area (Å²) in [6, 6.07) is 5.58. The van der Waals surface area contributed by atoms with Gasteiger partial charge in [-0.15, -0.1) is 11.6 Å². The van der Waals surface area contributed by atoms with Crippen molar-refractivity contribution in [1.29, 1.82) is 0 Å². The first-order chi connectivity index (χ1) is 8.74. The van der Waals surface area contributed by atoms with Crippen LogP contribution in [0.5, 0.6) is 5.75 Å². The summed E-state index contributed by atoms with van der Waals surface area (Å²) >= 11 is 5.75. The fraction of sp³-hybridized carbons (Fsp3) is 0.462. The summed E-state index contributed by atoms with van der Waals surface area (Å²) < 4.78 is 10.6. The highest BCUT2D eigenvalue weighted by Crippen LogP contribution is 2.31. The Morgan fingerprint density at radius 2 is 2.33 bits per heavy atom. The second-order valence-electron chi connectivity index (χ2n) is 4.19. The minimum absolute atomic E-state index is 0.106. The van der Waals surface area contributed by atoms with E-state index < -0.39 is 6.10 Å². The molecule has 0 radical (unpaired) electrons. The Labute approximate surface area is 111 Å². The number of ether oxygens (including phenoxy) is 2. The minimum atomic E-state index is -0.436. The van der Waals surface area contributed by atoms with Gasteiger partial charge in [0.1, 0.15) is 5.75 Å². The van der Waals surface area contributed by atoms with Crippen molar-refractivity contribution >= 4 is 23.2 Å². The lowest BCUT2D eigenvalue weighted by Crippen LogP contribution is -2.37. The van der Waals surface area contributed by atoms with E-state index in [2.05, 4.69) is 5.32 Å². The number of fused-ring (bicyclic) bond motifs is 1. The molecule has 0 bridgehead atoms. The second-order valence-corrected chi connectivity index (χ2v) is 4.46. The van der Waals surface area contributed by atoms with Gasteiger partial charge in [-0.2, -0.15) is 0 Å². The number of benzene rings is 1. The van der Waals surface area contributed by atoms with Crippen molar-refractivity contribution in [2.75, 3.05) is 19.0 Å². The van der Waals surface area contributed by atoms with E-state index in [-0.39, 0.29) is 5.91 Å².